The van der Waals surface area contributed by atoms with Gasteiger partial charge in [0.25, 0.3) is 0 Å². The van der Waals surface area contributed by atoms with Crippen molar-refractivity contribution in [1.82, 2.24) is 4.98 Å². The van der Waals surface area contributed by atoms with Crippen LogP contribution in [0.1, 0.15) is 0 Å². The largest absolute Gasteiger partial charge is 0.405 e. The maximum absolute atomic E-state index is 12.5. The Morgan fingerprint density at radius 2 is 2.11 bits per heavy atom. The van der Waals surface area contributed by atoms with Gasteiger partial charge in [-0.15, -0.1) is 11.3 Å². The van der Waals surface area contributed by atoms with E-state index >= 15 is 0 Å². The molecule has 1 aromatic heterocycles. The van der Waals surface area contributed by atoms with Crippen LogP contribution in [0, 0.1) is 0 Å². The first-order valence-electron chi connectivity index (χ1n) is 5.46. The monoisotopic (exact) mass is 291 g/mol. The SMILES string of the molecule is Nc1c(N(CCO)CC(F)(F)F)ccc2scnc12. The summed E-state index contributed by atoms with van der Waals surface area (Å²) in [7, 11) is 0. The van der Waals surface area contributed by atoms with E-state index in [2.05, 4.69) is 4.98 Å². The van der Waals surface area contributed by atoms with Crippen molar-refractivity contribution in [2.24, 2.45) is 0 Å². The second-order valence-electron chi connectivity index (χ2n) is 3.96. The van der Waals surface area contributed by atoms with E-state index in [1.54, 1.807) is 11.6 Å². The number of thiazole rings is 1. The summed E-state index contributed by atoms with van der Waals surface area (Å²) < 4.78 is 38.4. The fraction of sp³-hybridized carbons (Fsp3) is 0.364. The molecule has 2 rings (SSSR count). The Morgan fingerprint density at radius 3 is 2.74 bits per heavy atom. The number of aliphatic hydroxyl groups excluding tert-OH is 1. The second kappa shape index (κ2) is 5.22. The van der Waals surface area contributed by atoms with Crippen LogP contribution in [0.2, 0.25) is 0 Å². The van der Waals surface area contributed by atoms with E-state index in [-0.39, 0.29) is 24.5 Å². The molecule has 0 atom stereocenters. The first-order valence-corrected chi connectivity index (χ1v) is 6.34. The zero-order valence-electron chi connectivity index (χ0n) is 9.81. The van der Waals surface area contributed by atoms with Crippen molar-refractivity contribution in [1.29, 1.82) is 0 Å². The van der Waals surface area contributed by atoms with E-state index in [1.165, 1.54) is 17.4 Å². The van der Waals surface area contributed by atoms with E-state index in [0.29, 0.717) is 5.52 Å². The molecule has 0 saturated heterocycles. The first-order chi connectivity index (χ1) is 8.92. The van der Waals surface area contributed by atoms with Gasteiger partial charge in [0.15, 0.2) is 0 Å². The Morgan fingerprint density at radius 1 is 1.37 bits per heavy atom. The van der Waals surface area contributed by atoms with Gasteiger partial charge in [0, 0.05) is 6.54 Å². The van der Waals surface area contributed by atoms with Gasteiger partial charge in [0.05, 0.1) is 28.2 Å². The number of anilines is 2. The number of rotatable bonds is 4. The van der Waals surface area contributed by atoms with E-state index in [0.717, 1.165) is 9.60 Å². The van der Waals surface area contributed by atoms with Crippen molar-refractivity contribution in [2.45, 2.75) is 6.18 Å². The lowest BCUT2D eigenvalue weighted by Crippen LogP contribution is -2.36. The molecule has 19 heavy (non-hydrogen) atoms. The molecular formula is C11H12F3N3OS. The lowest BCUT2D eigenvalue weighted by molar-refractivity contribution is -0.119. The molecule has 0 radical (unpaired) electrons. The van der Waals surface area contributed by atoms with Gasteiger partial charge in [-0.05, 0) is 12.1 Å². The van der Waals surface area contributed by atoms with Gasteiger partial charge in [0.1, 0.15) is 12.1 Å². The van der Waals surface area contributed by atoms with Gasteiger partial charge in [-0.25, -0.2) is 4.98 Å². The lowest BCUT2D eigenvalue weighted by Gasteiger charge is -2.26. The Kier molecular flexibility index (Phi) is 3.81. The second-order valence-corrected chi connectivity index (χ2v) is 4.84. The van der Waals surface area contributed by atoms with Gasteiger partial charge >= 0.3 is 6.18 Å². The number of hydrogen-bond donors (Lipinski definition) is 2. The molecule has 1 heterocycles. The standard InChI is InChI=1S/C11H12F3N3OS/c12-11(13,14)5-17(3-4-18)7-1-2-8-10(9(7)15)16-6-19-8/h1-2,6,18H,3-5,15H2. The van der Waals surface area contributed by atoms with Crippen LogP contribution < -0.4 is 10.6 Å². The van der Waals surface area contributed by atoms with Crippen LogP contribution in [0.25, 0.3) is 10.2 Å². The normalized spacial score (nSPS) is 12.0. The molecule has 3 N–H and O–H groups in total. The third-order valence-corrected chi connectivity index (χ3v) is 3.39. The average Bonchev–Trinajstić information content (AvgIpc) is 2.76. The van der Waals surface area contributed by atoms with E-state index in [9.17, 15) is 13.2 Å². The number of hydrogen-bond acceptors (Lipinski definition) is 5. The summed E-state index contributed by atoms with van der Waals surface area (Å²) in [5, 5.41) is 8.90. The quantitative estimate of drug-likeness (QED) is 0.848. The molecule has 0 aliphatic rings. The number of nitrogens with zero attached hydrogens (tertiary/aromatic N) is 2. The van der Waals surface area contributed by atoms with Crippen molar-refractivity contribution in [3.8, 4) is 0 Å². The first kappa shape index (κ1) is 13.9. The number of benzene rings is 1. The molecule has 104 valence electrons. The van der Waals surface area contributed by atoms with Crippen LogP contribution >= 0.6 is 11.3 Å². The summed E-state index contributed by atoms with van der Waals surface area (Å²) in [4.78, 5) is 5.05. The minimum absolute atomic E-state index is 0.140. The fourth-order valence-electron chi connectivity index (χ4n) is 1.84. The topological polar surface area (TPSA) is 62.4 Å². The van der Waals surface area contributed by atoms with Gasteiger partial charge in [-0.3, -0.25) is 0 Å². The van der Waals surface area contributed by atoms with Gasteiger partial charge in [0.2, 0.25) is 0 Å². The average molecular weight is 291 g/mol. The summed E-state index contributed by atoms with van der Waals surface area (Å²) in [5.74, 6) is 0. The molecule has 8 heteroatoms. The highest BCUT2D eigenvalue weighted by Gasteiger charge is 2.31. The summed E-state index contributed by atoms with van der Waals surface area (Å²) in [5.41, 5.74) is 8.39. The molecule has 0 unspecified atom stereocenters. The number of alkyl halides is 3. The zero-order chi connectivity index (χ0) is 14.0. The molecule has 4 nitrogen and oxygen atoms in total. The van der Waals surface area contributed by atoms with Crippen molar-refractivity contribution < 1.29 is 18.3 Å². The van der Waals surface area contributed by atoms with E-state index < -0.39 is 12.7 Å². The third kappa shape index (κ3) is 3.07. The third-order valence-electron chi connectivity index (χ3n) is 2.60. The van der Waals surface area contributed by atoms with Crippen LogP contribution in [0.15, 0.2) is 17.6 Å². The summed E-state index contributed by atoms with van der Waals surface area (Å²) >= 11 is 1.37. The Hall–Kier alpha value is -1.54. The molecular weight excluding hydrogens is 279 g/mol. The molecule has 0 aliphatic carbocycles. The van der Waals surface area contributed by atoms with Crippen LogP contribution in [0.4, 0.5) is 24.5 Å². The van der Waals surface area contributed by atoms with E-state index in [1.807, 2.05) is 0 Å². The molecule has 0 fully saturated rings. The minimum atomic E-state index is -4.36. The fourth-order valence-corrected chi connectivity index (χ4v) is 2.53. The highest BCUT2D eigenvalue weighted by atomic mass is 32.1. The highest BCUT2D eigenvalue weighted by molar-refractivity contribution is 7.16. The predicted molar refractivity (Wildman–Crippen MR) is 69.4 cm³/mol. The number of nitrogen functional groups attached to an aromatic ring is 1. The number of aliphatic hydroxyl groups is 1. The minimum Gasteiger partial charge on any atom is -0.395 e. The lowest BCUT2D eigenvalue weighted by atomic mass is 10.2. The molecule has 0 spiro atoms. The van der Waals surface area contributed by atoms with Gasteiger partial charge < -0.3 is 15.7 Å². The predicted octanol–water partition coefficient (Wildman–Crippen LogP) is 2.24. The number of nitrogens with two attached hydrogens (primary N) is 1. The zero-order valence-corrected chi connectivity index (χ0v) is 10.6. The summed E-state index contributed by atoms with van der Waals surface area (Å²) in [6.07, 6.45) is -4.36. The number of halogens is 3. The maximum atomic E-state index is 12.5. The van der Waals surface area contributed by atoms with Crippen molar-refractivity contribution >= 4 is 32.9 Å². The van der Waals surface area contributed by atoms with E-state index in [4.69, 9.17) is 10.8 Å². The molecule has 2 aromatic rings. The number of fused-ring (bicyclic) bond motifs is 1. The van der Waals surface area contributed by atoms with Gasteiger partial charge in [-0.2, -0.15) is 13.2 Å². The smallest absolute Gasteiger partial charge is 0.395 e. The Labute approximate surface area is 111 Å². The molecule has 0 amide bonds. The van der Waals surface area contributed by atoms with Crippen LogP contribution in [-0.2, 0) is 0 Å². The molecule has 0 aliphatic heterocycles. The van der Waals surface area contributed by atoms with Crippen LogP contribution in [0.3, 0.4) is 0 Å². The Bertz CT molecular complexity index is 570. The van der Waals surface area contributed by atoms with Crippen LogP contribution in [-0.4, -0.2) is 36.0 Å². The van der Waals surface area contributed by atoms with Crippen molar-refractivity contribution in [3.05, 3.63) is 17.6 Å². The summed E-state index contributed by atoms with van der Waals surface area (Å²) in [6, 6.07) is 3.21. The maximum Gasteiger partial charge on any atom is 0.405 e. The van der Waals surface area contributed by atoms with Crippen molar-refractivity contribution in [2.75, 3.05) is 30.3 Å². The highest BCUT2D eigenvalue weighted by Crippen LogP contribution is 2.33. The molecule has 1 aromatic carbocycles. The summed E-state index contributed by atoms with van der Waals surface area (Å²) in [6.45, 7) is -1.68. The Balaban J connectivity index is 2.40. The van der Waals surface area contributed by atoms with Crippen molar-refractivity contribution in [3.63, 3.8) is 0 Å². The molecule has 0 bridgehead atoms. The van der Waals surface area contributed by atoms with Gasteiger partial charge in [-0.1, -0.05) is 0 Å². The van der Waals surface area contributed by atoms with Crippen LogP contribution in [0.5, 0.6) is 0 Å². The molecule has 0 saturated carbocycles. The number of aromatic nitrogens is 1.